The molecular formula is C15H15IN2O3. The molecule has 0 spiro atoms. The largest absolute Gasteiger partial charge is 0.491 e. The van der Waals surface area contributed by atoms with Gasteiger partial charge < -0.3 is 10.1 Å². The Morgan fingerprint density at radius 3 is 2.29 bits per heavy atom. The molecule has 0 radical (unpaired) electrons. The summed E-state index contributed by atoms with van der Waals surface area (Å²) in [6.45, 7) is 3.95. The summed E-state index contributed by atoms with van der Waals surface area (Å²) < 4.78 is 6.18. The van der Waals surface area contributed by atoms with Gasteiger partial charge in [0.15, 0.2) is 0 Å². The molecule has 1 N–H and O–H groups in total. The van der Waals surface area contributed by atoms with E-state index in [2.05, 4.69) is 5.32 Å². The lowest BCUT2D eigenvalue weighted by molar-refractivity contribution is -0.385. The second-order valence-electron chi connectivity index (χ2n) is 4.74. The predicted molar refractivity (Wildman–Crippen MR) is 91.3 cm³/mol. The molecule has 0 atom stereocenters. The van der Waals surface area contributed by atoms with Crippen LogP contribution in [0.25, 0.3) is 0 Å². The minimum Gasteiger partial charge on any atom is -0.491 e. The maximum atomic E-state index is 10.8. The van der Waals surface area contributed by atoms with Crippen LogP contribution in [0.4, 0.5) is 17.1 Å². The Kier molecular flexibility index (Phi) is 5.00. The van der Waals surface area contributed by atoms with E-state index >= 15 is 0 Å². The van der Waals surface area contributed by atoms with Crippen LogP contribution in [-0.4, -0.2) is 11.0 Å². The summed E-state index contributed by atoms with van der Waals surface area (Å²) in [4.78, 5) is 10.4. The molecule has 0 aliphatic carbocycles. The van der Waals surface area contributed by atoms with Crippen molar-refractivity contribution in [2.45, 2.75) is 20.0 Å². The lowest BCUT2D eigenvalue weighted by Gasteiger charge is -2.11. The van der Waals surface area contributed by atoms with E-state index in [1.165, 1.54) is 6.07 Å². The zero-order chi connectivity index (χ0) is 15.4. The van der Waals surface area contributed by atoms with Gasteiger partial charge in [-0.05, 0) is 72.8 Å². The van der Waals surface area contributed by atoms with Crippen LogP contribution in [-0.2, 0) is 0 Å². The smallest absolute Gasteiger partial charge is 0.282 e. The van der Waals surface area contributed by atoms with Gasteiger partial charge in [0, 0.05) is 17.4 Å². The van der Waals surface area contributed by atoms with Crippen LogP contribution >= 0.6 is 22.6 Å². The van der Waals surface area contributed by atoms with Crippen molar-refractivity contribution in [2.24, 2.45) is 0 Å². The van der Waals surface area contributed by atoms with Gasteiger partial charge in [-0.25, -0.2) is 0 Å². The molecule has 0 amide bonds. The number of halogens is 1. The predicted octanol–water partition coefficient (Wildman–Crippen LogP) is 4.73. The number of nitro benzene ring substituents is 1. The normalized spacial score (nSPS) is 10.5. The highest BCUT2D eigenvalue weighted by atomic mass is 127. The Hall–Kier alpha value is -1.83. The fourth-order valence-corrected chi connectivity index (χ4v) is 2.50. The third-order valence-electron chi connectivity index (χ3n) is 2.66. The second kappa shape index (κ2) is 6.75. The lowest BCUT2D eigenvalue weighted by atomic mass is 10.2. The van der Waals surface area contributed by atoms with Crippen molar-refractivity contribution in [3.05, 3.63) is 56.1 Å². The van der Waals surface area contributed by atoms with Gasteiger partial charge in [0.05, 0.1) is 14.6 Å². The van der Waals surface area contributed by atoms with Crippen LogP contribution in [0.15, 0.2) is 42.5 Å². The van der Waals surface area contributed by atoms with Crippen LogP contribution < -0.4 is 10.1 Å². The van der Waals surface area contributed by atoms with Gasteiger partial charge in [-0.3, -0.25) is 10.1 Å². The molecule has 0 saturated heterocycles. The molecule has 2 rings (SSSR count). The molecule has 0 bridgehead atoms. The highest BCUT2D eigenvalue weighted by molar-refractivity contribution is 14.1. The molecule has 0 fully saturated rings. The summed E-state index contributed by atoms with van der Waals surface area (Å²) in [5.41, 5.74) is 1.82. The Morgan fingerprint density at radius 2 is 1.76 bits per heavy atom. The second-order valence-corrected chi connectivity index (χ2v) is 5.90. The van der Waals surface area contributed by atoms with E-state index in [-0.39, 0.29) is 16.7 Å². The number of hydrogen-bond donors (Lipinski definition) is 1. The van der Waals surface area contributed by atoms with Crippen LogP contribution in [0, 0.1) is 13.7 Å². The Bertz CT molecular complexity index is 642. The molecule has 0 aliphatic rings. The number of benzene rings is 2. The molecule has 0 unspecified atom stereocenters. The van der Waals surface area contributed by atoms with Gasteiger partial charge in [0.2, 0.25) is 0 Å². The first kappa shape index (κ1) is 15.6. The van der Waals surface area contributed by atoms with Gasteiger partial charge in [0.1, 0.15) is 5.75 Å². The molecule has 2 aromatic carbocycles. The minimum atomic E-state index is -0.385. The minimum absolute atomic E-state index is 0.113. The summed E-state index contributed by atoms with van der Waals surface area (Å²) >= 11 is 1.96. The number of nitro groups is 1. The van der Waals surface area contributed by atoms with E-state index in [0.29, 0.717) is 3.57 Å². The van der Waals surface area contributed by atoms with Crippen molar-refractivity contribution in [1.82, 2.24) is 0 Å². The van der Waals surface area contributed by atoms with Crippen molar-refractivity contribution in [3.63, 3.8) is 0 Å². The zero-order valence-electron chi connectivity index (χ0n) is 11.7. The molecular weight excluding hydrogens is 383 g/mol. The van der Waals surface area contributed by atoms with Crippen LogP contribution in [0.5, 0.6) is 5.75 Å². The van der Waals surface area contributed by atoms with Gasteiger partial charge >= 0.3 is 0 Å². The number of nitrogens with zero attached hydrogens (tertiary/aromatic N) is 1. The summed E-state index contributed by atoms with van der Waals surface area (Å²) in [6.07, 6.45) is 0.139. The summed E-state index contributed by atoms with van der Waals surface area (Å²) in [6, 6.07) is 12.5. The average Bonchev–Trinajstić information content (AvgIpc) is 2.40. The Morgan fingerprint density at radius 1 is 1.14 bits per heavy atom. The van der Waals surface area contributed by atoms with Crippen LogP contribution in [0.3, 0.4) is 0 Å². The summed E-state index contributed by atoms with van der Waals surface area (Å²) in [5.74, 6) is 0.814. The third kappa shape index (κ3) is 4.32. The van der Waals surface area contributed by atoms with Crippen molar-refractivity contribution in [1.29, 1.82) is 0 Å². The number of rotatable bonds is 5. The van der Waals surface area contributed by atoms with Gasteiger partial charge in [0.25, 0.3) is 5.69 Å². The van der Waals surface area contributed by atoms with Crippen molar-refractivity contribution in [2.75, 3.05) is 5.32 Å². The molecule has 21 heavy (non-hydrogen) atoms. The summed E-state index contributed by atoms with van der Waals surface area (Å²) in [7, 11) is 0. The van der Waals surface area contributed by atoms with E-state index in [9.17, 15) is 10.1 Å². The topological polar surface area (TPSA) is 64.4 Å². The maximum absolute atomic E-state index is 10.8. The first-order valence-electron chi connectivity index (χ1n) is 6.43. The van der Waals surface area contributed by atoms with Crippen LogP contribution in [0.1, 0.15) is 13.8 Å². The van der Waals surface area contributed by atoms with E-state index < -0.39 is 0 Å². The monoisotopic (exact) mass is 398 g/mol. The molecule has 0 aliphatic heterocycles. The molecule has 0 aromatic heterocycles. The Labute approximate surface area is 136 Å². The third-order valence-corrected chi connectivity index (χ3v) is 3.52. The quantitative estimate of drug-likeness (QED) is 0.449. The van der Waals surface area contributed by atoms with E-state index in [1.54, 1.807) is 12.1 Å². The SMILES string of the molecule is CC(C)Oc1ccc(Nc2ccc([N+](=O)[O-])c(I)c2)cc1. The molecule has 110 valence electrons. The lowest BCUT2D eigenvalue weighted by Crippen LogP contribution is -2.05. The number of ether oxygens (including phenoxy) is 1. The first-order chi connectivity index (χ1) is 9.95. The van der Waals surface area contributed by atoms with Crippen LogP contribution in [0.2, 0.25) is 0 Å². The fourth-order valence-electron chi connectivity index (χ4n) is 1.79. The molecule has 0 heterocycles. The van der Waals surface area contributed by atoms with E-state index in [0.717, 1.165) is 17.1 Å². The highest BCUT2D eigenvalue weighted by Gasteiger charge is 2.11. The van der Waals surface area contributed by atoms with E-state index in [1.807, 2.05) is 60.7 Å². The average molecular weight is 398 g/mol. The first-order valence-corrected chi connectivity index (χ1v) is 7.51. The van der Waals surface area contributed by atoms with Crippen molar-refractivity contribution >= 4 is 39.7 Å². The number of hydrogen-bond acceptors (Lipinski definition) is 4. The maximum Gasteiger partial charge on any atom is 0.282 e. The van der Waals surface area contributed by atoms with Gasteiger partial charge in [-0.2, -0.15) is 0 Å². The Balaban J connectivity index is 2.11. The van der Waals surface area contributed by atoms with Gasteiger partial charge in [-0.15, -0.1) is 0 Å². The van der Waals surface area contributed by atoms with Crippen molar-refractivity contribution < 1.29 is 9.66 Å². The molecule has 0 saturated carbocycles. The molecule has 2 aromatic rings. The molecule has 6 heteroatoms. The zero-order valence-corrected chi connectivity index (χ0v) is 13.8. The summed E-state index contributed by atoms with van der Waals surface area (Å²) in [5, 5.41) is 14.0. The number of nitrogens with one attached hydrogen (secondary N) is 1. The number of anilines is 2. The molecule has 5 nitrogen and oxygen atoms in total. The van der Waals surface area contributed by atoms with E-state index in [4.69, 9.17) is 4.74 Å². The highest BCUT2D eigenvalue weighted by Crippen LogP contribution is 2.27. The standard InChI is InChI=1S/C15H15IN2O3/c1-10(2)21-13-6-3-11(4-7-13)17-12-5-8-15(18(19)20)14(16)9-12/h3-10,17H,1-2H3. The van der Waals surface area contributed by atoms with Gasteiger partial charge in [-0.1, -0.05) is 0 Å². The van der Waals surface area contributed by atoms with Crippen molar-refractivity contribution in [3.8, 4) is 5.75 Å². The fraction of sp³-hybridized carbons (Fsp3) is 0.200.